The number of nitrogens with two attached hydrogens (primary N) is 2. The number of nitrogen functional groups attached to an aromatic ring is 1. The second-order valence-corrected chi connectivity index (χ2v) is 5.92. The van der Waals surface area contributed by atoms with E-state index in [0.717, 1.165) is 42.7 Å². The van der Waals surface area contributed by atoms with E-state index in [0.29, 0.717) is 5.82 Å². The van der Waals surface area contributed by atoms with Crippen LogP contribution in [-0.4, -0.2) is 17.7 Å². The Labute approximate surface area is 115 Å². The molecule has 2 rings (SSSR count). The summed E-state index contributed by atoms with van der Waals surface area (Å²) < 4.78 is 5.83. The Kier molecular flexibility index (Phi) is 4.11. The summed E-state index contributed by atoms with van der Waals surface area (Å²) in [4.78, 5) is 4.22. The lowest BCUT2D eigenvalue weighted by molar-refractivity contribution is -0.0671. The third-order valence-corrected chi connectivity index (χ3v) is 4.52. The van der Waals surface area contributed by atoms with Crippen LogP contribution in [0.2, 0.25) is 0 Å². The third kappa shape index (κ3) is 2.74. The van der Waals surface area contributed by atoms with Crippen molar-refractivity contribution in [2.75, 3.05) is 12.8 Å². The van der Waals surface area contributed by atoms with Crippen LogP contribution >= 0.6 is 0 Å². The van der Waals surface area contributed by atoms with Crippen molar-refractivity contribution in [3.05, 3.63) is 23.4 Å². The van der Waals surface area contributed by atoms with E-state index in [9.17, 15) is 0 Å². The molecular weight excluding hydrogens is 238 g/mol. The van der Waals surface area contributed by atoms with E-state index in [1.807, 2.05) is 13.0 Å². The summed E-state index contributed by atoms with van der Waals surface area (Å²) >= 11 is 0. The molecule has 4 N–H and O–H groups in total. The average molecular weight is 263 g/mol. The molecule has 0 aliphatic heterocycles. The fraction of sp³-hybridized carbons (Fsp3) is 0.667. The zero-order valence-corrected chi connectivity index (χ0v) is 12.1. The molecule has 0 amide bonds. The summed E-state index contributed by atoms with van der Waals surface area (Å²) in [6, 6.07) is 1.82. The first kappa shape index (κ1) is 14.3. The van der Waals surface area contributed by atoms with Gasteiger partial charge in [-0.3, -0.25) is 0 Å². The molecule has 1 heterocycles. The highest BCUT2D eigenvalue weighted by molar-refractivity contribution is 5.44. The average Bonchev–Trinajstić information content (AvgIpc) is 2.42. The summed E-state index contributed by atoms with van der Waals surface area (Å²) in [6.45, 7) is 4.29. The molecule has 0 radical (unpaired) electrons. The SMILES string of the molecule is COC1(C(N)c2cc(C)cnc2N)CCC(C)CC1. The Morgan fingerprint density at radius 2 is 2.05 bits per heavy atom. The zero-order valence-electron chi connectivity index (χ0n) is 12.1. The lowest BCUT2D eigenvalue weighted by atomic mass is 9.73. The normalized spacial score (nSPS) is 29.2. The summed E-state index contributed by atoms with van der Waals surface area (Å²) in [5, 5.41) is 0. The van der Waals surface area contributed by atoms with E-state index in [4.69, 9.17) is 16.2 Å². The van der Waals surface area contributed by atoms with Crippen LogP contribution in [-0.2, 0) is 4.74 Å². The van der Waals surface area contributed by atoms with Gasteiger partial charge in [-0.15, -0.1) is 0 Å². The third-order valence-electron chi connectivity index (χ3n) is 4.52. The zero-order chi connectivity index (χ0) is 14.0. The van der Waals surface area contributed by atoms with Crippen LogP contribution < -0.4 is 11.5 Å². The van der Waals surface area contributed by atoms with Crippen molar-refractivity contribution in [3.8, 4) is 0 Å². The van der Waals surface area contributed by atoms with Gasteiger partial charge < -0.3 is 16.2 Å². The summed E-state index contributed by atoms with van der Waals surface area (Å²) in [5.41, 5.74) is 14.2. The van der Waals surface area contributed by atoms with Gasteiger partial charge in [0.05, 0.1) is 11.6 Å². The topological polar surface area (TPSA) is 74.2 Å². The summed E-state index contributed by atoms with van der Waals surface area (Å²) in [5.74, 6) is 1.27. The van der Waals surface area contributed by atoms with E-state index in [2.05, 4.69) is 11.9 Å². The molecule has 1 aromatic rings. The minimum atomic E-state index is -0.296. The minimum Gasteiger partial charge on any atom is -0.383 e. The number of hydrogen-bond donors (Lipinski definition) is 2. The lowest BCUT2D eigenvalue weighted by Crippen LogP contribution is -2.46. The number of anilines is 1. The Morgan fingerprint density at radius 1 is 1.42 bits per heavy atom. The van der Waals surface area contributed by atoms with E-state index in [-0.39, 0.29) is 11.6 Å². The maximum absolute atomic E-state index is 6.49. The van der Waals surface area contributed by atoms with Crippen LogP contribution in [0.1, 0.15) is 49.8 Å². The molecule has 0 aromatic carbocycles. The molecule has 106 valence electrons. The molecule has 0 saturated heterocycles. The Hall–Kier alpha value is -1.13. The fourth-order valence-electron chi connectivity index (χ4n) is 3.03. The number of aromatic nitrogens is 1. The molecule has 1 aromatic heterocycles. The first-order valence-corrected chi connectivity index (χ1v) is 7.01. The predicted molar refractivity (Wildman–Crippen MR) is 77.7 cm³/mol. The van der Waals surface area contributed by atoms with Crippen LogP contribution in [0.25, 0.3) is 0 Å². The van der Waals surface area contributed by atoms with Crippen molar-refractivity contribution in [1.29, 1.82) is 0 Å². The van der Waals surface area contributed by atoms with Gasteiger partial charge in [-0.25, -0.2) is 4.98 Å². The number of nitrogens with zero attached hydrogens (tertiary/aromatic N) is 1. The number of methoxy groups -OCH3 is 1. The number of rotatable bonds is 3. The minimum absolute atomic E-state index is 0.211. The molecule has 1 aliphatic carbocycles. The van der Waals surface area contributed by atoms with Crippen LogP contribution in [0, 0.1) is 12.8 Å². The van der Waals surface area contributed by atoms with E-state index in [1.54, 1.807) is 13.3 Å². The smallest absolute Gasteiger partial charge is 0.128 e. The highest BCUT2D eigenvalue weighted by Crippen LogP contribution is 2.42. The molecule has 1 atom stereocenters. The highest BCUT2D eigenvalue weighted by atomic mass is 16.5. The van der Waals surface area contributed by atoms with Crippen molar-refractivity contribution < 1.29 is 4.74 Å². The Bertz CT molecular complexity index is 439. The maximum atomic E-state index is 6.49. The first-order valence-electron chi connectivity index (χ1n) is 7.01. The number of ether oxygens (including phenoxy) is 1. The van der Waals surface area contributed by atoms with Crippen molar-refractivity contribution >= 4 is 5.82 Å². The molecule has 1 aliphatic rings. The molecule has 0 spiro atoms. The van der Waals surface area contributed by atoms with Gasteiger partial charge in [0, 0.05) is 18.9 Å². The van der Waals surface area contributed by atoms with Gasteiger partial charge in [-0.05, 0) is 50.2 Å². The molecule has 19 heavy (non-hydrogen) atoms. The van der Waals surface area contributed by atoms with Gasteiger partial charge >= 0.3 is 0 Å². The second-order valence-electron chi connectivity index (χ2n) is 5.92. The van der Waals surface area contributed by atoms with Crippen molar-refractivity contribution in [2.45, 2.75) is 51.2 Å². The quantitative estimate of drug-likeness (QED) is 0.879. The molecular formula is C15H25N3O. The molecule has 0 bridgehead atoms. The molecule has 4 nitrogen and oxygen atoms in total. The standard InChI is InChI=1S/C15H25N3O/c1-10-4-6-15(19-3,7-5-10)13(16)12-8-11(2)9-18-14(12)17/h8-10,13H,4-7,16H2,1-3H3,(H2,17,18). The highest BCUT2D eigenvalue weighted by Gasteiger charge is 2.41. The van der Waals surface area contributed by atoms with Crippen LogP contribution in [0.4, 0.5) is 5.82 Å². The molecule has 1 fully saturated rings. The predicted octanol–water partition coefficient (Wildman–Crippen LogP) is 2.57. The van der Waals surface area contributed by atoms with Crippen molar-refractivity contribution in [1.82, 2.24) is 4.98 Å². The van der Waals surface area contributed by atoms with Gasteiger partial charge in [-0.2, -0.15) is 0 Å². The molecule has 4 heteroatoms. The largest absolute Gasteiger partial charge is 0.383 e. The fourth-order valence-corrected chi connectivity index (χ4v) is 3.03. The van der Waals surface area contributed by atoms with E-state index >= 15 is 0 Å². The van der Waals surface area contributed by atoms with Crippen LogP contribution in [0.3, 0.4) is 0 Å². The second kappa shape index (κ2) is 5.47. The Balaban J connectivity index is 2.30. The number of hydrogen-bond acceptors (Lipinski definition) is 4. The Morgan fingerprint density at radius 3 is 2.63 bits per heavy atom. The lowest BCUT2D eigenvalue weighted by Gasteiger charge is -2.42. The van der Waals surface area contributed by atoms with Gasteiger partial charge in [-0.1, -0.05) is 6.92 Å². The summed E-state index contributed by atoms with van der Waals surface area (Å²) in [7, 11) is 1.76. The molecule has 1 unspecified atom stereocenters. The van der Waals surface area contributed by atoms with Crippen LogP contribution in [0.5, 0.6) is 0 Å². The van der Waals surface area contributed by atoms with E-state index < -0.39 is 0 Å². The van der Waals surface area contributed by atoms with Gasteiger partial charge in [0.15, 0.2) is 0 Å². The van der Waals surface area contributed by atoms with Gasteiger partial charge in [0.25, 0.3) is 0 Å². The summed E-state index contributed by atoms with van der Waals surface area (Å²) in [6.07, 6.45) is 6.05. The van der Waals surface area contributed by atoms with Gasteiger partial charge in [0.1, 0.15) is 5.82 Å². The van der Waals surface area contributed by atoms with Crippen LogP contribution in [0.15, 0.2) is 12.3 Å². The molecule has 1 saturated carbocycles. The number of aryl methyl sites for hydroxylation is 1. The van der Waals surface area contributed by atoms with Crippen molar-refractivity contribution in [3.63, 3.8) is 0 Å². The maximum Gasteiger partial charge on any atom is 0.128 e. The first-order chi connectivity index (χ1) is 8.98. The number of pyridine rings is 1. The van der Waals surface area contributed by atoms with Crippen molar-refractivity contribution in [2.24, 2.45) is 11.7 Å². The van der Waals surface area contributed by atoms with Gasteiger partial charge in [0.2, 0.25) is 0 Å². The van der Waals surface area contributed by atoms with E-state index in [1.165, 1.54) is 0 Å². The monoisotopic (exact) mass is 263 g/mol.